The van der Waals surface area contributed by atoms with E-state index >= 15 is 0 Å². The fourth-order valence-electron chi connectivity index (χ4n) is 2.65. The number of hydrogen-bond donors (Lipinski definition) is 2. The molecule has 0 atom stereocenters. The Morgan fingerprint density at radius 2 is 1.48 bits per heavy atom. The van der Waals surface area contributed by atoms with Crippen molar-refractivity contribution in [2.45, 2.75) is 25.8 Å². The molecule has 6 nitrogen and oxygen atoms in total. The van der Waals surface area contributed by atoms with Crippen LogP contribution in [0.15, 0.2) is 60.7 Å². The monoisotopic (exact) mass is 368 g/mol. The molecule has 0 fully saturated rings. The molecule has 2 N–H and O–H groups in total. The number of rotatable bonds is 10. The molecule has 2 aromatic carbocycles. The molecule has 0 aliphatic rings. The Hall–Kier alpha value is -3.15. The summed E-state index contributed by atoms with van der Waals surface area (Å²) in [6.07, 6.45) is 0.580. The van der Waals surface area contributed by atoms with Gasteiger partial charge in [0, 0.05) is 19.5 Å². The lowest BCUT2D eigenvalue weighted by atomic mass is 10.1. The topological polar surface area (TPSA) is 86.7 Å². The maximum Gasteiger partial charge on any atom is 0.303 e. The van der Waals surface area contributed by atoms with Gasteiger partial charge in [0.15, 0.2) is 0 Å². The molecule has 2 amide bonds. The number of carboxylic acids is 1. The average Bonchev–Trinajstić information content (AvgIpc) is 2.66. The molecule has 0 saturated carbocycles. The van der Waals surface area contributed by atoms with Crippen molar-refractivity contribution in [1.82, 2.24) is 10.2 Å². The van der Waals surface area contributed by atoms with Crippen molar-refractivity contribution in [1.29, 1.82) is 0 Å². The van der Waals surface area contributed by atoms with E-state index in [-0.39, 0.29) is 31.2 Å². The van der Waals surface area contributed by atoms with Crippen molar-refractivity contribution < 1.29 is 19.5 Å². The van der Waals surface area contributed by atoms with Crippen LogP contribution in [0.4, 0.5) is 0 Å². The number of benzene rings is 2. The number of nitrogens with one attached hydrogen (secondary N) is 1. The molecule has 0 saturated heterocycles. The molecule has 0 aliphatic heterocycles. The van der Waals surface area contributed by atoms with E-state index in [0.29, 0.717) is 19.5 Å². The molecule has 0 radical (unpaired) electrons. The molecule has 0 unspecified atom stereocenters. The molecule has 6 heteroatoms. The predicted octanol–water partition coefficient (Wildman–Crippen LogP) is 2.24. The van der Waals surface area contributed by atoms with Crippen LogP contribution in [0.3, 0.4) is 0 Å². The Morgan fingerprint density at radius 1 is 0.889 bits per heavy atom. The van der Waals surface area contributed by atoms with Crippen LogP contribution < -0.4 is 5.32 Å². The van der Waals surface area contributed by atoms with Gasteiger partial charge >= 0.3 is 5.97 Å². The number of carbonyl (C=O) groups is 3. The first-order valence-electron chi connectivity index (χ1n) is 8.88. The number of carbonyl (C=O) groups excluding carboxylic acids is 2. The average molecular weight is 368 g/mol. The predicted molar refractivity (Wildman–Crippen MR) is 102 cm³/mol. The minimum Gasteiger partial charge on any atom is -0.481 e. The van der Waals surface area contributed by atoms with Gasteiger partial charge in [-0.05, 0) is 17.5 Å². The number of nitrogens with zero attached hydrogens (tertiary/aromatic N) is 1. The van der Waals surface area contributed by atoms with Gasteiger partial charge in [0.2, 0.25) is 11.8 Å². The Morgan fingerprint density at radius 3 is 2.07 bits per heavy atom. The minimum absolute atomic E-state index is 0.00106. The lowest BCUT2D eigenvalue weighted by Gasteiger charge is -2.23. The largest absolute Gasteiger partial charge is 0.481 e. The number of carboxylic acid groups (broad SMARTS) is 1. The van der Waals surface area contributed by atoms with Gasteiger partial charge in [-0.3, -0.25) is 14.4 Å². The Bertz CT molecular complexity index is 747. The van der Waals surface area contributed by atoms with E-state index in [1.54, 1.807) is 4.90 Å². The standard InChI is InChI=1S/C21H24N2O4/c24-19(14-17-8-3-1-4-9-17)22-15-20(25)23(13-7-12-21(26)27)16-18-10-5-2-6-11-18/h1-6,8-11H,7,12-16H2,(H,22,24)(H,26,27). The lowest BCUT2D eigenvalue weighted by Crippen LogP contribution is -2.40. The second-order valence-electron chi connectivity index (χ2n) is 6.24. The molecule has 0 heterocycles. The molecule has 0 spiro atoms. The van der Waals surface area contributed by atoms with Gasteiger partial charge in [0.1, 0.15) is 0 Å². The van der Waals surface area contributed by atoms with Crippen LogP contribution in [-0.4, -0.2) is 40.9 Å². The number of hydrogen-bond acceptors (Lipinski definition) is 3. The summed E-state index contributed by atoms with van der Waals surface area (Å²) in [5, 5.41) is 11.5. The Kier molecular flexibility index (Phi) is 8.03. The quantitative estimate of drug-likeness (QED) is 0.673. The highest BCUT2D eigenvalue weighted by Crippen LogP contribution is 2.07. The fourth-order valence-corrected chi connectivity index (χ4v) is 2.65. The zero-order chi connectivity index (χ0) is 19.5. The third kappa shape index (κ3) is 7.73. The van der Waals surface area contributed by atoms with Crippen LogP contribution in [-0.2, 0) is 27.3 Å². The number of amides is 2. The van der Waals surface area contributed by atoms with Gasteiger partial charge < -0.3 is 15.3 Å². The molecular weight excluding hydrogens is 344 g/mol. The maximum atomic E-state index is 12.5. The molecule has 142 valence electrons. The van der Waals surface area contributed by atoms with Crippen molar-refractivity contribution in [3.8, 4) is 0 Å². The molecular formula is C21H24N2O4. The zero-order valence-electron chi connectivity index (χ0n) is 15.1. The van der Waals surface area contributed by atoms with Crippen molar-refractivity contribution >= 4 is 17.8 Å². The molecule has 2 aromatic rings. The van der Waals surface area contributed by atoms with Crippen molar-refractivity contribution in [3.63, 3.8) is 0 Å². The van der Waals surface area contributed by atoms with E-state index in [1.807, 2.05) is 60.7 Å². The molecule has 2 rings (SSSR count). The van der Waals surface area contributed by atoms with Gasteiger partial charge in [-0.1, -0.05) is 60.7 Å². The summed E-state index contributed by atoms with van der Waals surface area (Å²) in [4.78, 5) is 36.9. The van der Waals surface area contributed by atoms with Crippen molar-refractivity contribution in [2.75, 3.05) is 13.1 Å². The van der Waals surface area contributed by atoms with E-state index in [4.69, 9.17) is 5.11 Å². The normalized spacial score (nSPS) is 10.2. The molecule has 27 heavy (non-hydrogen) atoms. The van der Waals surface area contributed by atoms with Crippen LogP contribution in [0, 0.1) is 0 Å². The molecule has 0 bridgehead atoms. The first-order chi connectivity index (χ1) is 13.0. The Labute approximate surface area is 158 Å². The number of aliphatic carboxylic acids is 1. The second kappa shape index (κ2) is 10.8. The highest BCUT2D eigenvalue weighted by atomic mass is 16.4. The summed E-state index contributed by atoms with van der Waals surface area (Å²) >= 11 is 0. The minimum atomic E-state index is -0.890. The first-order valence-corrected chi connectivity index (χ1v) is 8.88. The van der Waals surface area contributed by atoms with Gasteiger partial charge in [-0.2, -0.15) is 0 Å². The van der Waals surface area contributed by atoms with Gasteiger partial charge in [0.05, 0.1) is 13.0 Å². The second-order valence-corrected chi connectivity index (χ2v) is 6.24. The third-order valence-corrected chi connectivity index (χ3v) is 4.03. The summed E-state index contributed by atoms with van der Waals surface area (Å²) in [7, 11) is 0. The van der Waals surface area contributed by atoms with Crippen LogP contribution in [0.25, 0.3) is 0 Å². The summed E-state index contributed by atoms with van der Waals surface area (Å²) in [5.74, 6) is -1.34. The van der Waals surface area contributed by atoms with Crippen LogP contribution >= 0.6 is 0 Å². The molecule has 0 aromatic heterocycles. The fraction of sp³-hybridized carbons (Fsp3) is 0.286. The smallest absolute Gasteiger partial charge is 0.303 e. The van der Waals surface area contributed by atoms with Gasteiger partial charge in [0.25, 0.3) is 0 Å². The van der Waals surface area contributed by atoms with E-state index < -0.39 is 5.97 Å². The lowest BCUT2D eigenvalue weighted by molar-refractivity contribution is -0.138. The first kappa shape index (κ1) is 20.2. The highest BCUT2D eigenvalue weighted by molar-refractivity contribution is 5.85. The third-order valence-electron chi connectivity index (χ3n) is 4.03. The molecule has 0 aliphatic carbocycles. The van der Waals surface area contributed by atoms with E-state index in [0.717, 1.165) is 11.1 Å². The Balaban J connectivity index is 1.89. The SMILES string of the molecule is O=C(O)CCCN(Cc1ccccc1)C(=O)CNC(=O)Cc1ccccc1. The van der Waals surface area contributed by atoms with E-state index in [9.17, 15) is 14.4 Å². The van der Waals surface area contributed by atoms with E-state index in [1.165, 1.54) is 0 Å². The summed E-state index contributed by atoms with van der Waals surface area (Å²) in [6, 6.07) is 18.8. The zero-order valence-corrected chi connectivity index (χ0v) is 15.1. The maximum absolute atomic E-state index is 12.5. The summed E-state index contributed by atoms with van der Waals surface area (Å²) in [5.41, 5.74) is 1.84. The summed E-state index contributed by atoms with van der Waals surface area (Å²) in [6.45, 7) is 0.605. The highest BCUT2D eigenvalue weighted by Gasteiger charge is 2.15. The van der Waals surface area contributed by atoms with Crippen LogP contribution in [0.5, 0.6) is 0 Å². The van der Waals surface area contributed by atoms with Gasteiger partial charge in [-0.15, -0.1) is 0 Å². The van der Waals surface area contributed by atoms with Crippen molar-refractivity contribution in [2.24, 2.45) is 0 Å². The summed E-state index contributed by atoms with van der Waals surface area (Å²) < 4.78 is 0. The van der Waals surface area contributed by atoms with Crippen molar-refractivity contribution in [3.05, 3.63) is 71.8 Å². The van der Waals surface area contributed by atoms with Crippen LogP contribution in [0.2, 0.25) is 0 Å². The van der Waals surface area contributed by atoms with Crippen LogP contribution in [0.1, 0.15) is 24.0 Å². The van der Waals surface area contributed by atoms with E-state index in [2.05, 4.69) is 5.32 Å². The van der Waals surface area contributed by atoms with Gasteiger partial charge in [-0.25, -0.2) is 0 Å².